The summed E-state index contributed by atoms with van der Waals surface area (Å²) in [5.74, 6) is -1.88. The number of carbonyl (C=O) groups is 3. The van der Waals surface area contributed by atoms with E-state index in [9.17, 15) is 27.4 Å². The van der Waals surface area contributed by atoms with Crippen LogP contribution in [0, 0.1) is 0 Å². The van der Waals surface area contributed by atoms with Crippen molar-refractivity contribution in [3.63, 3.8) is 0 Å². The van der Waals surface area contributed by atoms with Crippen molar-refractivity contribution in [3.8, 4) is 0 Å². The fourth-order valence-corrected chi connectivity index (χ4v) is 3.03. The van der Waals surface area contributed by atoms with Gasteiger partial charge in [-0.25, -0.2) is 9.78 Å². The molecule has 0 saturated carbocycles. The predicted molar refractivity (Wildman–Crippen MR) is 99.3 cm³/mol. The van der Waals surface area contributed by atoms with Crippen LogP contribution in [-0.4, -0.2) is 47.0 Å². The van der Waals surface area contributed by atoms with Gasteiger partial charge in [0.05, 0.1) is 11.8 Å². The van der Waals surface area contributed by atoms with Gasteiger partial charge in [-0.2, -0.15) is 13.5 Å². The zero-order chi connectivity index (χ0) is 21.0. The topological polar surface area (TPSA) is 155 Å². The predicted octanol–water partition coefficient (Wildman–Crippen LogP) is -1.89. The second-order valence-corrected chi connectivity index (χ2v) is 7.17. The molecule has 0 unspecified atom stereocenters. The number of carbonyl (C=O) groups excluding carboxylic acids is 3. The fraction of sp³-hybridized carbons (Fsp3) is 0.118. The van der Waals surface area contributed by atoms with E-state index in [0.717, 1.165) is 6.20 Å². The van der Waals surface area contributed by atoms with Crippen LogP contribution in [0.3, 0.4) is 0 Å². The number of benzene rings is 1. The molecule has 1 aromatic heterocycles. The van der Waals surface area contributed by atoms with Crippen LogP contribution >= 0.6 is 0 Å². The number of pyridine rings is 1. The van der Waals surface area contributed by atoms with Gasteiger partial charge in [0.2, 0.25) is 0 Å². The maximum Gasteiger partial charge on any atom is 1.00 e. The first-order chi connectivity index (χ1) is 13.8. The average molecular weight is 442 g/mol. The Morgan fingerprint density at radius 1 is 1.20 bits per heavy atom. The molecule has 0 atom stereocenters. The second-order valence-electron chi connectivity index (χ2n) is 5.78. The van der Waals surface area contributed by atoms with E-state index in [-0.39, 0.29) is 65.7 Å². The largest absolute Gasteiger partial charge is 1.00 e. The first-order valence-electron chi connectivity index (χ1n) is 8.15. The maximum absolute atomic E-state index is 12.0. The van der Waals surface area contributed by atoms with Crippen LogP contribution in [0.2, 0.25) is 0 Å². The first kappa shape index (κ1) is 23.6. The maximum atomic E-state index is 12.0. The van der Waals surface area contributed by atoms with Gasteiger partial charge in [-0.15, -0.1) is 5.06 Å². The normalized spacial score (nSPS) is 14.0. The number of imide groups is 1. The van der Waals surface area contributed by atoms with Gasteiger partial charge in [-0.1, -0.05) is 18.2 Å². The van der Waals surface area contributed by atoms with E-state index in [1.165, 1.54) is 36.5 Å². The molecule has 2 heterocycles. The molecule has 152 valence electrons. The van der Waals surface area contributed by atoms with Crippen molar-refractivity contribution >= 4 is 39.9 Å². The minimum absolute atomic E-state index is 0. The standard InChI is InChI=1S/C17H14N4O7S.Na.H/c22-15-7-8-16(23)21(15)28-17(24)12-5-6-14(18-9-12)20-19-10-11-3-1-2-4-13(11)29(25,26)27;;/h1-6,9-10H,7-8H2,(H,18,20)(H,25,26,27);;/q;+1;-1/b19-10+;;. The molecule has 13 heteroatoms. The van der Waals surface area contributed by atoms with Crippen molar-refractivity contribution in [2.75, 3.05) is 5.43 Å². The molecule has 1 aromatic carbocycles. The van der Waals surface area contributed by atoms with Crippen LogP contribution in [0.1, 0.15) is 30.2 Å². The Hall–Kier alpha value is -2.64. The summed E-state index contributed by atoms with van der Waals surface area (Å²) in [6.07, 6.45) is 2.31. The van der Waals surface area contributed by atoms with Gasteiger partial charge in [0, 0.05) is 24.6 Å². The van der Waals surface area contributed by atoms with Gasteiger partial charge in [-0.3, -0.25) is 19.6 Å². The number of nitrogens with one attached hydrogen (secondary N) is 1. The molecule has 2 aromatic rings. The van der Waals surface area contributed by atoms with Crippen molar-refractivity contribution in [3.05, 3.63) is 53.7 Å². The molecular weight excluding hydrogens is 427 g/mol. The SMILES string of the molecule is O=C(ON1C(=O)CCC1=O)c1ccc(N/N=C/c2ccccc2S(=O)(=O)O)nc1.[H-].[Na+]. The first-order valence-corrected chi connectivity index (χ1v) is 9.59. The number of hydrogen-bond donors (Lipinski definition) is 2. The van der Waals surface area contributed by atoms with Crippen LogP contribution in [0.15, 0.2) is 52.6 Å². The molecule has 1 saturated heterocycles. The van der Waals surface area contributed by atoms with Crippen LogP contribution in [0.5, 0.6) is 0 Å². The van der Waals surface area contributed by atoms with E-state index in [2.05, 4.69) is 15.5 Å². The molecule has 0 spiro atoms. The smallest absolute Gasteiger partial charge is 1.00 e. The third kappa shape index (κ3) is 5.70. The van der Waals surface area contributed by atoms with E-state index in [0.29, 0.717) is 5.06 Å². The summed E-state index contributed by atoms with van der Waals surface area (Å²) >= 11 is 0. The molecule has 1 fully saturated rings. The molecular formula is C17H15N4NaO7S. The Bertz CT molecular complexity index is 1090. The van der Waals surface area contributed by atoms with Crippen molar-refractivity contribution in [1.82, 2.24) is 10.0 Å². The molecule has 0 radical (unpaired) electrons. The van der Waals surface area contributed by atoms with Gasteiger partial charge in [0.25, 0.3) is 21.9 Å². The molecule has 0 bridgehead atoms. The van der Waals surface area contributed by atoms with E-state index in [4.69, 9.17) is 4.84 Å². The fourth-order valence-electron chi connectivity index (χ4n) is 2.36. The molecule has 11 nitrogen and oxygen atoms in total. The summed E-state index contributed by atoms with van der Waals surface area (Å²) in [6, 6.07) is 8.43. The number of hydroxylamine groups is 2. The molecule has 3 rings (SSSR count). The Labute approximate surface area is 194 Å². The van der Waals surface area contributed by atoms with Crippen LogP contribution in [0.4, 0.5) is 5.82 Å². The van der Waals surface area contributed by atoms with E-state index in [1.54, 1.807) is 6.07 Å². The summed E-state index contributed by atoms with van der Waals surface area (Å²) in [6.45, 7) is 0. The minimum Gasteiger partial charge on any atom is -1.00 e. The van der Waals surface area contributed by atoms with Gasteiger partial charge < -0.3 is 6.26 Å². The summed E-state index contributed by atoms with van der Waals surface area (Å²) in [4.78, 5) is 43.3. The summed E-state index contributed by atoms with van der Waals surface area (Å²) in [7, 11) is -4.40. The Balaban J connectivity index is 0.00000240. The van der Waals surface area contributed by atoms with Crippen molar-refractivity contribution in [1.29, 1.82) is 0 Å². The monoisotopic (exact) mass is 442 g/mol. The number of hydrogen-bond acceptors (Lipinski definition) is 9. The Morgan fingerprint density at radius 3 is 2.47 bits per heavy atom. The van der Waals surface area contributed by atoms with E-state index in [1.807, 2.05) is 0 Å². The zero-order valence-corrected chi connectivity index (χ0v) is 18.5. The van der Waals surface area contributed by atoms with Crippen LogP contribution in [0.25, 0.3) is 0 Å². The van der Waals surface area contributed by atoms with Crippen molar-refractivity contribution in [2.45, 2.75) is 17.7 Å². The van der Waals surface area contributed by atoms with Gasteiger partial charge >= 0.3 is 35.5 Å². The van der Waals surface area contributed by atoms with Gasteiger partial charge in [0.1, 0.15) is 10.7 Å². The summed E-state index contributed by atoms with van der Waals surface area (Å²) in [5, 5.41) is 4.27. The second kappa shape index (κ2) is 9.91. The zero-order valence-electron chi connectivity index (χ0n) is 16.7. The van der Waals surface area contributed by atoms with Crippen LogP contribution < -0.4 is 35.0 Å². The summed E-state index contributed by atoms with van der Waals surface area (Å²) in [5.41, 5.74) is 2.69. The van der Waals surface area contributed by atoms with Crippen molar-refractivity contribution < 1.29 is 63.2 Å². The molecule has 0 aliphatic carbocycles. The number of anilines is 1. The molecule has 2 N–H and O–H groups in total. The Morgan fingerprint density at radius 2 is 1.87 bits per heavy atom. The average Bonchev–Trinajstić information content (AvgIpc) is 3.00. The number of rotatable bonds is 6. The number of amides is 2. The van der Waals surface area contributed by atoms with Gasteiger partial charge in [0.15, 0.2) is 0 Å². The third-order valence-electron chi connectivity index (χ3n) is 3.76. The van der Waals surface area contributed by atoms with E-state index >= 15 is 0 Å². The summed E-state index contributed by atoms with van der Waals surface area (Å²) < 4.78 is 31.8. The number of aromatic nitrogens is 1. The number of nitrogens with zero attached hydrogens (tertiary/aromatic N) is 3. The van der Waals surface area contributed by atoms with Gasteiger partial charge in [-0.05, 0) is 18.2 Å². The quantitative estimate of drug-likeness (QED) is 0.172. The molecule has 1 aliphatic heterocycles. The van der Waals surface area contributed by atoms with Crippen LogP contribution in [-0.2, 0) is 24.5 Å². The molecule has 2 amide bonds. The molecule has 30 heavy (non-hydrogen) atoms. The third-order valence-corrected chi connectivity index (χ3v) is 4.69. The minimum atomic E-state index is -4.40. The Kier molecular flexibility index (Phi) is 7.81. The van der Waals surface area contributed by atoms with Crippen molar-refractivity contribution in [2.24, 2.45) is 5.10 Å². The van der Waals surface area contributed by atoms with E-state index < -0.39 is 27.9 Å². The number of hydrazone groups is 1. The molecule has 1 aliphatic rings.